The number of rotatable bonds is 4. The zero-order valence-corrected chi connectivity index (χ0v) is 14.4. The van der Waals surface area contributed by atoms with E-state index in [1.807, 2.05) is 19.1 Å². The molecule has 0 saturated heterocycles. The molecule has 1 aliphatic rings. The molecule has 0 radical (unpaired) electrons. The number of nitrogens with one attached hydrogen (secondary N) is 1. The molecule has 1 N–H and O–H groups in total. The highest BCUT2D eigenvalue weighted by molar-refractivity contribution is 8.00. The van der Waals surface area contributed by atoms with E-state index >= 15 is 0 Å². The van der Waals surface area contributed by atoms with Crippen LogP contribution in [0.5, 0.6) is 6.01 Å². The highest BCUT2D eigenvalue weighted by Crippen LogP contribution is 2.36. The fourth-order valence-corrected chi connectivity index (χ4v) is 4.21. The SMILES string of the molecule is CCc1cc(=O)oc2nc(OCC3Cc4ccccc4S3)[nH]c(=O)c12. The van der Waals surface area contributed by atoms with Gasteiger partial charge in [-0.1, -0.05) is 25.1 Å². The van der Waals surface area contributed by atoms with Gasteiger partial charge in [0.2, 0.25) is 5.71 Å². The maximum atomic E-state index is 12.3. The fourth-order valence-electron chi connectivity index (χ4n) is 2.99. The van der Waals surface area contributed by atoms with Gasteiger partial charge in [-0.3, -0.25) is 9.78 Å². The van der Waals surface area contributed by atoms with Gasteiger partial charge in [-0.15, -0.1) is 11.8 Å². The Morgan fingerprint density at radius 2 is 2.20 bits per heavy atom. The summed E-state index contributed by atoms with van der Waals surface area (Å²) in [6, 6.07) is 9.65. The molecule has 0 amide bonds. The average Bonchev–Trinajstić information content (AvgIpc) is 3.01. The third kappa shape index (κ3) is 3.07. The predicted octanol–water partition coefficient (Wildman–Crippen LogP) is 2.53. The van der Waals surface area contributed by atoms with E-state index in [4.69, 9.17) is 9.15 Å². The van der Waals surface area contributed by atoms with Gasteiger partial charge in [0.1, 0.15) is 12.0 Å². The van der Waals surface area contributed by atoms with Gasteiger partial charge in [-0.2, -0.15) is 4.98 Å². The third-order valence-corrected chi connectivity index (χ3v) is 5.46. The summed E-state index contributed by atoms with van der Waals surface area (Å²) < 4.78 is 10.8. The number of aromatic amines is 1. The van der Waals surface area contributed by atoms with Crippen molar-refractivity contribution in [2.24, 2.45) is 0 Å². The summed E-state index contributed by atoms with van der Waals surface area (Å²) in [4.78, 5) is 32.0. The lowest BCUT2D eigenvalue weighted by Crippen LogP contribution is -2.19. The Bertz CT molecular complexity index is 1030. The van der Waals surface area contributed by atoms with Crippen LogP contribution in [0.1, 0.15) is 18.1 Å². The van der Waals surface area contributed by atoms with Crippen molar-refractivity contribution in [3.05, 3.63) is 62.2 Å². The Kier molecular flexibility index (Phi) is 4.09. The maximum Gasteiger partial charge on any atom is 0.337 e. The van der Waals surface area contributed by atoms with Crippen LogP contribution in [0.25, 0.3) is 11.1 Å². The highest BCUT2D eigenvalue weighted by atomic mass is 32.2. The van der Waals surface area contributed by atoms with Gasteiger partial charge >= 0.3 is 5.63 Å². The molecular formula is C18H16N2O4S. The van der Waals surface area contributed by atoms with E-state index < -0.39 is 5.63 Å². The van der Waals surface area contributed by atoms with Crippen molar-refractivity contribution in [3.63, 3.8) is 0 Å². The molecule has 1 aliphatic heterocycles. The van der Waals surface area contributed by atoms with Crippen LogP contribution in [0.2, 0.25) is 0 Å². The van der Waals surface area contributed by atoms with Gasteiger partial charge in [-0.05, 0) is 30.0 Å². The first-order valence-corrected chi connectivity index (χ1v) is 8.96. The summed E-state index contributed by atoms with van der Waals surface area (Å²) in [6.07, 6.45) is 1.46. The van der Waals surface area contributed by atoms with Crippen LogP contribution < -0.4 is 15.9 Å². The predicted molar refractivity (Wildman–Crippen MR) is 95.6 cm³/mol. The van der Waals surface area contributed by atoms with Crippen LogP contribution in [-0.2, 0) is 12.8 Å². The van der Waals surface area contributed by atoms with Crippen LogP contribution >= 0.6 is 11.8 Å². The van der Waals surface area contributed by atoms with Gasteiger partial charge < -0.3 is 9.15 Å². The molecular weight excluding hydrogens is 340 g/mol. The van der Waals surface area contributed by atoms with E-state index in [2.05, 4.69) is 22.1 Å². The molecule has 2 aromatic heterocycles. The van der Waals surface area contributed by atoms with Gasteiger partial charge in [0.25, 0.3) is 11.6 Å². The van der Waals surface area contributed by atoms with Crippen molar-refractivity contribution < 1.29 is 9.15 Å². The van der Waals surface area contributed by atoms with Crippen molar-refractivity contribution in [3.8, 4) is 6.01 Å². The first-order chi connectivity index (χ1) is 12.1. The molecule has 4 rings (SSSR count). The Morgan fingerprint density at radius 1 is 1.36 bits per heavy atom. The van der Waals surface area contributed by atoms with Gasteiger partial charge in [0, 0.05) is 16.2 Å². The van der Waals surface area contributed by atoms with Crippen molar-refractivity contribution in [2.75, 3.05) is 6.61 Å². The zero-order valence-electron chi connectivity index (χ0n) is 13.6. The molecule has 128 valence electrons. The highest BCUT2D eigenvalue weighted by Gasteiger charge is 2.23. The van der Waals surface area contributed by atoms with E-state index in [-0.39, 0.29) is 22.5 Å². The van der Waals surface area contributed by atoms with E-state index in [0.717, 1.165) is 6.42 Å². The Hall–Kier alpha value is -2.54. The molecule has 1 aromatic carbocycles. The molecule has 3 heterocycles. The van der Waals surface area contributed by atoms with Crippen LogP contribution in [0, 0.1) is 0 Å². The van der Waals surface area contributed by atoms with Crippen molar-refractivity contribution >= 4 is 22.9 Å². The number of nitrogens with zero attached hydrogens (tertiary/aromatic N) is 1. The number of thioether (sulfide) groups is 1. The first kappa shape index (κ1) is 16.0. The first-order valence-electron chi connectivity index (χ1n) is 8.08. The van der Waals surface area contributed by atoms with Crippen LogP contribution in [-0.4, -0.2) is 21.8 Å². The second-order valence-corrected chi connectivity index (χ2v) is 7.20. The molecule has 1 unspecified atom stereocenters. The summed E-state index contributed by atoms with van der Waals surface area (Å²) in [5.41, 5.74) is 1.07. The average molecular weight is 356 g/mol. The Labute approximate surface area is 147 Å². The summed E-state index contributed by atoms with van der Waals surface area (Å²) in [5.74, 6) is 0. The standard InChI is InChI=1S/C18H16N2O4S/c1-2-10-8-14(21)24-17-15(10)16(22)19-18(20-17)23-9-12-7-11-5-3-4-6-13(11)25-12/h3-6,8,12H,2,7,9H2,1H3,(H,19,20,22). The molecule has 0 saturated carbocycles. The lowest BCUT2D eigenvalue weighted by molar-refractivity contribution is 0.291. The summed E-state index contributed by atoms with van der Waals surface area (Å²) in [7, 11) is 0. The van der Waals surface area contributed by atoms with Crippen LogP contribution in [0.15, 0.2) is 49.2 Å². The zero-order chi connectivity index (χ0) is 17.4. The lowest BCUT2D eigenvalue weighted by Gasteiger charge is -2.10. The number of H-pyrrole nitrogens is 1. The van der Waals surface area contributed by atoms with E-state index in [1.54, 1.807) is 11.8 Å². The molecule has 0 spiro atoms. The van der Waals surface area contributed by atoms with E-state index in [0.29, 0.717) is 24.0 Å². The Balaban J connectivity index is 1.57. The quantitative estimate of drug-likeness (QED) is 0.773. The summed E-state index contributed by atoms with van der Waals surface area (Å²) in [5, 5.41) is 0.560. The molecule has 0 fully saturated rings. The molecule has 0 aliphatic carbocycles. The fraction of sp³-hybridized carbons (Fsp3) is 0.278. The second kappa shape index (κ2) is 6.40. The van der Waals surface area contributed by atoms with Crippen molar-refractivity contribution in [2.45, 2.75) is 29.9 Å². The van der Waals surface area contributed by atoms with Crippen molar-refractivity contribution in [1.82, 2.24) is 9.97 Å². The minimum absolute atomic E-state index is 0.0189. The number of aromatic nitrogens is 2. The smallest absolute Gasteiger partial charge is 0.337 e. The molecule has 0 bridgehead atoms. The number of hydrogen-bond donors (Lipinski definition) is 1. The second-order valence-electron chi connectivity index (χ2n) is 5.86. The third-order valence-electron chi connectivity index (χ3n) is 4.18. The number of aryl methyl sites for hydroxylation is 1. The molecule has 25 heavy (non-hydrogen) atoms. The maximum absolute atomic E-state index is 12.3. The van der Waals surface area contributed by atoms with Gasteiger partial charge in [0.15, 0.2) is 0 Å². The summed E-state index contributed by atoms with van der Waals surface area (Å²) in [6.45, 7) is 2.28. The number of hydrogen-bond acceptors (Lipinski definition) is 6. The molecule has 7 heteroatoms. The summed E-state index contributed by atoms with van der Waals surface area (Å²) >= 11 is 1.75. The van der Waals surface area contributed by atoms with E-state index in [9.17, 15) is 9.59 Å². The number of ether oxygens (including phenoxy) is 1. The van der Waals surface area contributed by atoms with Crippen molar-refractivity contribution in [1.29, 1.82) is 0 Å². The molecule has 1 atom stereocenters. The van der Waals surface area contributed by atoms with E-state index in [1.165, 1.54) is 16.5 Å². The van der Waals surface area contributed by atoms with Gasteiger partial charge in [0.05, 0.1) is 0 Å². The topological polar surface area (TPSA) is 85.2 Å². The molecule has 3 aromatic rings. The minimum atomic E-state index is -0.518. The molecule has 6 nitrogen and oxygen atoms in total. The van der Waals surface area contributed by atoms with Crippen LogP contribution in [0.3, 0.4) is 0 Å². The largest absolute Gasteiger partial charge is 0.463 e. The normalized spacial score (nSPS) is 16.1. The number of benzene rings is 1. The number of fused-ring (bicyclic) bond motifs is 2. The van der Waals surface area contributed by atoms with Crippen LogP contribution in [0.4, 0.5) is 0 Å². The monoisotopic (exact) mass is 356 g/mol. The lowest BCUT2D eigenvalue weighted by atomic mass is 10.1. The Morgan fingerprint density at radius 3 is 3.00 bits per heavy atom. The minimum Gasteiger partial charge on any atom is -0.463 e. The van der Waals surface area contributed by atoms with Gasteiger partial charge in [-0.25, -0.2) is 4.79 Å².